The Kier molecular flexibility index (Phi) is 3.24. The Balaban J connectivity index is 2.28. The SMILES string of the molecule is CSC1N=S(=O)(c2ccccc2)c2ccccc2N1. The third-order valence-electron chi connectivity index (χ3n) is 2.99. The van der Waals surface area contributed by atoms with Crippen LogP contribution in [-0.2, 0) is 9.73 Å². The highest BCUT2D eigenvalue weighted by Crippen LogP contribution is 2.35. The Morgan fingerprint density at radius 2 is 1.79 bits per heavy atom. The van der Waals surface area contributed by atoms with Crippen LogP contribution in [0.15, 0.2) is 68.8 Å². The largest absolute Gasteiger partial charge is 0.354 e. The van der Waals surface area contributed by atoms with E-state index < -0.39 is 9.73 Å². The van der Waals surface area contributed by atoms with Gasteiger partial charge in [-0.15, -0.1) is 11.8 Å². The van der Waals surface area contributed by atoms with E-state index in [1.165, 1.54) is 0 Å². The van der Waals surface area contributed by atoms with Gasteiger partial charge in [0, 0.05) is 0 Å². The van der Waals surface area contributed by atoms with E-state index in [0.717, 1.165) is 15.5 Å². The van der Waals surface area contributed by atoms with Gasteiger partial charge >= 0.3 is 0 Å². The molecular weight excluding hydrogens is 276 g/mol. The summed E-state index contributed by atoms with van der Waals surface area (Å²) in [5.41, 5.74) is 0.730. The maximum atomic E-state index is 13.4. The van der Waals surface area contributed by atoms with Crippen molar-refractivity contribution in [1.29, 1.82) is 0 Å². The van der Waals surface area contributed by atoms with Crippen LogP contribution in [0, 0.1) is 0 Å². The van der Waals surface area contributed by atoms with Gasteiger partial charge in [0.15, 0.2) is 5.50 Å². The van der Waals surface area contributed by atoms with Crippen molar-refractivity contribution < 1.29 is 4.21 Å². The number of para-hydroxylation sites is 1. The molecule has 2 atom stereocenters. The van der Waals surface area contributed by atoms with Crippen molar-refractivity contribution in [2.45, 2.75) is 15.3 Å². The van der Waals surface area contributed by atoms with Crippen molar-refractivity contribution >= 4 is 27.2 Å². The highest BCUT2D eigenvalue weighted by atomic mass is 32.2. The maximum Gasteiger partial charge on any atom is 0.175 e. The third-order valence-corrected chi connectivity index (χ3v) is 6.17. The number of fused-ring (bicyclic) bond motifs is 1. The van der Waals surface area contributed by atoms with E-state index in [0.29, 0.717) is 0 Å². The predicted octanol–water partition coefficient (Wildman–Crippen LogP) is 3.64. The minimum atomic E-state index is -2.55. The highest BCUT2D eigenvalue weighted by Gasteiger charge is 2.26. The third kappa shape index (κ3) is 2.13. The van der Waals surface area contributed by atoms with Crippen LogP contribution < -0.4 is 5.32 Å². The van der Waals surface area contributed by atoms with Gasteiger partial charge in [-0.25, -0.2) is 4.21 Å². The minimum Gasteiger partial charge on any atom is -0.354 e. The van der Waals surface area contributed by atoms with Crippen molar-refractivity contribution in [2.75, 3.05) is 11.6 Å². The van der Waals surface area contributed by atoms with E-state index in [1.54, 1.807) is 11.8 Å². The molecule has 0 radical (unpaired) electrons. The molecule has 2 aromatic carbocycles. The number of benzene rings is 2. The lowest BCUT2D eigenvalue weighted by molar-refractivity contribution is 0.672. The number of nitrogens with one attached hydrogen (secondary N) is 1. The Bertz CT molecular complexity index is 706. The average Bonchev–Trinajstić information content (AvgIpc) is 2.48. The summed E-state index contributed by atoms with van der Waals surface area (Å²) in [5, 5.41) is 3.29. The summed E-state index contributed by atoms with van der Waals surface area (Å²) in [7, 11) is -2.55. The van der Waals surface area contributed by atoms with Crippen LogP contribution >= 0.6 is 11.8 Å². The van der Waals surface area contributed by atoms with Gasteiger partial charge in [-0.05, 0) is 30.5 Å². The zero-order chi connectivity index (χ0) is 13.3. The smallest absolute Gasteiger partial charge is 0.175 e. The first-order chi connectivity index (χ1) is 9.24. The fourth-order valence-corrected chi connectivity index (χ4v) is 5.05. The Hall–Kier alpha value is -1.46. The first-order valence-corrected chi connectivity index (χ1v) is 8.74. The molecule has 0 bridgehead atoms. The number of hydrogen-bond acceptors (Lipinski definition) is 4. The number of hydrogen-bond donors (Lipinski definition) is 1. The van der Waals surface area contributed by atoms with Crippen LogP contribution in [0.4, 0.5) is 5.69 Å². The topological polar surface area (TPSA) is 41.5 Å². The van der Waals surface area contributed by atoms with Crippen LogP contribution in [0.2, 0.25) is 0 Å². The second-order valence-corrected chi connectivity index (χ2v) is 7.26. The lowest BCUT2D eigenvalue weighted by atomic mass is 10.3. The molecule has 2 unspecified atom stereocenters. The van der Waals surface area contributed by atoms with Gasteiger partial charge < -0.3 is 5.32 Å². The fraction of sp³-hybridized carbons (Fsp3) is 0.143. The zero-order valence-corrected chi connectivity index (χ0v) is 12.1. The molecule has 0 aliphatic carbocycles. The summed E-state index contributed by atoms with van der Waals surface area (Å²) in [6.45, 7) is 0. The summed E-state index contributed by atoms with van der Waals surface area (Å²) < 4.78 is 17.9. The molecule has 19 heavy (non-hydrogen) atoms. The van der Waals surface area contributed by atoms with E-state index >= 15 is 0 Å². The monoisotopic (exact) mass is 290 g/mol. The average molecular weight is 290 g/mol. The van der Waals surface area contributed by atoms with Crippen molar-refractivity contribution in [3.8, 4) is 0 Å². The van der Waals surface area contributed by atoms with Gasteiger partial charge in [0.2, 0.25) is 0 Å². The van der Waals surface area contributed by atoms with Crippen molar-refractivity contribution in [2.24, 2.45) is 4.36 Å². The Labute approximate surface area is 117 Å². The fourth-order valence-electron chi connectivity index (χ4n) is 2.07. The van der Waals surface area contributed by atoms with Crippen LogP contribution in [0.3, 0.4) is 0 Å². The molecule has 98 valence electrons. The summed E-state index contributed by atoms with van der Waals surface area (Å²) in [6, 6.07) is 17.2. The standard InChI is InChI=1S/C14H14N2OS2/c1-18-14-15-12-9-5-6-10-13(12)19(17,16-14)11-7-3-2-4-8-11/h2-10,14-15H,1H3. The second kappa shape index (κ2) is 4.90. The number of nitrogens with zero attached hydrogens (tertiary/aromatic N) is 1. The first-order valence-electron chi connectivity index (χ1n) is 5.94. The molecule has 3 nitrogen and oxygen atoms in total. The molecular formula is C14H14N2OS2. The lowest BCUT2D eigenvalue weighted by Gasteiger charge is -2.25. The van der Waals surface area contributed by atoms with Crippen LogP contribution in [0.1, 0.15) is 0 Å². The molecule has 0 fully saturated rings. The van der Waals surface area contributed by atoms with Crippen molar-refractivity contribution in [1.82, 2.24) is 0 Å². The van der Waals surface area contributed by atoms with Gasteiger partial charge in [0.25, 0.3) is 0 Å². The molecule has 0 aromatic heterocycles. The molecule has 0 amide bonds. The molecule has 1 N–H and O–H groups in total. The van der Waals surface area contributed by atoms with Crippen molar-refractivity contribution in [3.05, 3.63) is 54.6 Å². The molecule has 5 heteroatoms. The van der Waals surface area contributed by atoms with Gasteiger partial charge in [0.05, 0.1) is 15.5 Å². The number of anilines is 1. The number of thioether (sulfide) groups is 1. The van der Waals surface area contributed by atoms with E-state index in [9.17, 15) is 4.21 Å². The Morgan fingerprint density at radius 3 is 2.53 bits per heavy atom. The predicted molar refractivity (Wildman–Crippen MR) is 80.9 cm³/mol. The van der Waals surface area contributed by atoms with E-state index in [1.807, 2.05) is 60.9 Å². The quantitative estimate of drug-likeness (QED) is 0.918. The van der Waals surface area contributed by atoms with Gasteiger partial charge in [-0.2, -0.15) is 4.36 Å². The van der Waals surface area contributed by atoms with Crippen LogP contribution in [-0.4, -0.2) is 16.0 Å². The summed E-state index contributed by atoms with van der Waals surface area (Å²) in [5.74, 6) is 0. The lowest BCUT2D eigenvalue weighted by Crippen LogP contribution is -2.22. The second-order valence-electron chi connectivity index (χ2n) is 4.17. The molecule has 1 aliphatic heterocycles. The van der Waals surface area contributed by atoms with E-state index in [2.05, 4.69) is 9.68 Å². The van der Waals surface area contributed by atoms with E-state index in [-0.39, 0.29) is 5.50 Å². The maximum absolute atomic E-state index is 13.4. The molecule has 0 saturated heterocycles. The van der Waals surface area contributed by atoms with Gasteiger partial charge in [-0.1, -0.05) is 30.3 Å². The number of rotatable bonds is 2. The highest BCUT2D eigenvalue weighted by molar-refractivity contribution is 8.00. The minimum absolute atomic E-state index is 0.178. The molecule has 2 aromatic rings. The molecule has 1 heterocycles. The van der Waals surface area contributed by atoms with Gasteiger partial charge in [-0.3, -0.25) is 0 Å². The summed E-state index contributed by atoms with van der Waals surface area (Å²) in [4.78, 5) is 1.54. The summed E-state index contributed by atoms with van der Waals surface area (Å²) >= 11 is 1.55. The molecule has 3 rings (SSSR count). The first kappa shape index (κ1) is 12.6. The Morgan fingerprint density at radius 1 is 1.11 bits per heavy atom. The molecule has 0 spiro atoms. The van der Waals surface area contributed by atoms with E-state index in [4.69, 9.17) is 0 Å². The van der Waals surface area contributed by atoms with Gasteiger partial charge in [0.1, 0.15) is 9.73 Å². The van der Waals surface area contributed by atoms with Crippen LogP contribution in [0.25, 0.3) is 0 Å². The zero-order valence-electron chi connectivity index (χ0n) is 10.4. The molecule has 0 saturated carbocycles. The normalized spacial score (nSPS) is 25.0. The van der Waals surface area contributed by atoms with Crippen molar-refractivity contribution in [3.63, 3.8) is 0 Å². The summed E-state index contributed by atoms with van der Waals surface area (Å²) in [6.07, 6.45) is 1.96. The molecule has 1 aliphatic rings. The van der Waals surface area contributed by atoms with Crippen LogP contribution in [0.5, 0.6) is 0 Å².